The Morgan fingerprint density at radius 1 is 1.29 bits per heavy atom. The van der Waals surface area contributed by atoms with Gasteiger partial charge in [-0.3, -0.25) is 9.59 Å². The van der Waals surface area contributed by atoms with Crippen LogP contribution in [0.5, 0.6) is 0 Å². The van der Waals surface area contributed by atoms with Gasteiger partial charge < -0.3 is 10.2 Å². The Morgan fingerprint density at radius 3 is 2.88 bits per heavy atom. The van der Waals surface area contributed by atoms with E-state index in [1.807, 2.05) is 19.1 Å². The third-order valence-electron chi connectivity index (χ3n) is 3.78. The third kappa shape index (κ3) is 1.30. The smallest absolute Gasteiger partial charge is 0.256 e. The lowest BCUT2D eigenvalue weighted by Crippen LogP contribution is -2.51. The average molecular weight is 230 g/mol. The minimum absolute atomic E-state index is 0.0426. The minimum atomic E-state index is -0.684. The Labute approximate surface area is 99.6 Å². The number of rotatable bonds is 0. The number of carbonyl (C=O) groups is 2. The Kier molecular flexibility index (Phi) is 2.02. The molecule has 1 aromatic carbocycles. The van der Waals surface area contributed by atoms with Crippen LogP contribution in [0.15, 0.2) is 24.3 Å². The molecule has 1 atom stereocenters. The Hall–Kier alpha value is -1.84. The first-order valence-electron chi connectivity index (χ1n) is 5.85. The van der Waals surface area contributed by atoms with Gasteiger partial charge in [0.2, 0.25) is 5.91 Å². The van der Waals surface area contributed by atoms with Gasteiger partial charge in [0.25, 0.3) is 5.91 Å². The molecular formula is C13H14N2O2. The van der Waals surface area contributed by atoms with Crippen LogP contribution in [0.4, 0.5) is 5.69 Å². The van der Waals surface area contributed by atoms with Gasteiger partial charge in [-0.05, 0) is 31.9 Å². The first kappa shape index (κ1) is 10.3. The predicted octanol–water partition coefficient (Wildman–Crippen LogP) is 1.63. The molecule has 1 saturated heterocycles. The highest BCUT2D eigenvalue weighted by Gasteiger charge is 2.48. The summed E-state index contributed by atoms with van der Waals surface area (Å²) in [6.45, 7) is 2.51. The first-order chi connectivity index (χ1) is 8.13. The minimum Gasteiger partial charge on any atom is -0.324 e. The van der Waals surface area contributed by atoms with Crippen molar-refractivity contribution < 1.29 is 9.59 Å². The van der Waals surface area contributed by atoms with Crippen molar-refractivity contribution in [1.82, 2.24) is 4.90 Å². The number of fused-ring (bicyclic) bond motifs is 2. The fourth-order valence-electron chi connectivity index (χ4n) is 2.71. The van der Waals surface area contributed by atoms with Crippen molar-refractivity contribution in [2.45, 2.75) is 25.3 Å². The van der Waals surface area contributed by atoms with Crippen molar-refractivity contribution in [3.05, 3.63) is 29.8 Å². The number of para-hydroxylation sites is 1. The fraction of sp³-hybridized carbons (Fsp3) is 0.385. The highest BCUT2D eigenvalue weighted by molar-refractivity contribution is 6.11. The van der Waals surface area contributed by atoms with Gasteiger partial charge in [0.05, 0.1) is 11.3 Å². The summed E-state index contributed by atoms with van der Waals surface area (Å²) in [5, 5.41) is 2.86. The monoisotopic (exact) mass is 230 g/mol. The maximum absolute atomic E-state index is 12.4. The van der Waals surface area contributed by atoms with E-state index in [1.165, 1.54) is 0 Å². The molecule has 0 aromatic heterocycles. The lowest BCUT2D eigenvalue weighted by atomic mass is 9.98. The van der Waals surface area contributed by atoms with Crippen molar-refractivity contribution in [3.63, 3.8) is 0 Å². The second kappa shape index (κ2) is 3.32. The largest absolute Gasteiger partial charge is 0.324 e. The van der Waals surface area contributed by atoms with Crippen LogP contribution in [0, 0.1) is 0 Å². The Bertz CT molecular complexity index is 512. The van der Waals surface area contributed by atoms with Crippen molar-refractivity contribution in [2.24, 2.45) is 0 Å². The first-order valence-corrected chi connectivity index (χ1v) is 5.85. The van der Waals surface area contributed by atoms with E-state index in [1.54, 1.807) is 17.0 Å². The van der Waals surface area contributed by atoms with Gasteiger partial charge in [-0.25, -0.2) is 0 Å². The molecule has 0 radical (unpaired) electrons. The van der Waals surface area contributed by atoms with Crippen LogP contribution < -0.4 is 5.32 Å². The highest BCUT2D eigenvalue weighted by Crippen LogP contribution is 2.35. The third-order valence-corrected chi connectivity index (χ3v) is 3.78. The van der Waals surface area contributed by atoms with E-state index in [-0.39, 0.29) is 11.8 Å². The van der Waals surface area contributed by atoms with Gasteiger partial charge >= 0.3 is 0 Å². The summed E-state index contributed by atoms with van der Waals surface area (Å²) >= 11 is 0. The van der Waals surface area contributed by atoms with Gasteiger partial charge in [0.15, 0.2) is 0 Å². The van der Waals surface area contributed by atoms with Crippen LogP contribution in [0.2, 0.25) is 0 Å². The SMILES string of the molecule is C[C@]12CCCN1C(=O)c1ccccc1NC2=O. The van der Waals surface area contributed by atoms with E-state index >= 15 is 0 Å². The molecule has 0 spiro atoms. The van der Waals surface area contributed by atoms with Gasteiger partial charge in [0, 0.05) is 6.54 Å². The standard InChI is InChI=1S/C13H14N2O2/c1-13-7-4-8-15(13)11(16)9-5-2-3-6-10(9)14-12(13)17/h2-3,5-6H,4,7-8H2,1H3,(H,14,17)/t13-/m1/s1. The summed E-state index contributed by atoms with van der Waals surface area (Å²) in [7, 11) is 0. The van der Waals surface area contributed by atoms with Crippen molar-refractivity contribution in [3.8, 4) is 0 Å². The summed E-state index contributed by atoms with van der Waals surface area (Å²) in [5.41, 5.74) is 0.528. The summed E-state index contributed by atoms with van der Waals surface area (Å²) in [4.78, 5) is 26.3. The number of hydrogen-bond donors (Lipinski definition) is 1. The molecule has 0 unspecified atom stereocenters. The molecule has 2 aliphatic rings. The van der Waals surface area contributed by atoms with Crippen LogP contribution in [0.3, 0.4) is 0 Å². The van der Waals surface area contributed by atoms with Crippen LogP contribution in [0.1, 0.15) is 30.1 Å². The molecule has 1 fully saturated rings. The normalized spacial score (nSPS) is 27.2. The molecule has 0 bridgehead atoms. The molecular weight excluding hydrogens is 216 g/mol. The number of nitrogens with one attached hydrogen (secondary N) is 1. The molecule has 88 valence electrons. The number of benzene rings is 1. The molecule has 2 heterocycles. The fourth-order valence-corrected chi connectivity index (χ4v) is 2.71. The van der Waals surface area contributed by atoms with Crippen LogP contribution in [-0.2, 0) is 4.79 Å². The summed E-state index contributed by atoms with van der Waals surface area (Å²) in [6, 6.07) is 7.19. The number of carbonyl (C=O) groups excluding carboxylic acids is 2. The van der Waals surface area contributed by atoms with Gasteiger partial charge in [-0.2, -0.15) is 0 Å². The Balaban J connectivity index is 2.16. The van der Waals surface area contributed by atoms with Crippen LogP contribution >= 0.6 is 0 Å². The zero-order chi connectivity index (χ0) is 12.0. The molecule has 3 rings (SSSR count). The van der Waals surface area contributed by atoms with Crippen molar-refractivity contribution in [1.29, 1.82) is 0 Å². The molecule has 0 saturated carbocycles. The van der Waals surface area contributed by atoms with Crippen LogP contribution in [-0.4, -0.2) is 28.8 Å². The van der Waals surface area contributed by atoms with E-state index in [0.717, 1.165) is 12.8 Å². The maximum atomic E-state index is 12.4. The van der Waals surface area contributed by atoms with E-state index in [4.69, 9.17) is 0 Å². The average Bonchev–Trinajstić information content (AvgIpc) is 2.69. The van der Waals surface area contributed by atoms with Crippen molar-refractivity contribution >= 4 is 17.5 Å². The second-order valence-corrected chi connectivity index (χ2v) is 4.83. The number of hydrogen-bond acceptors (Lipinski definition) is 2. The van der Waals surface area contributed by atoms with Gasteiger partial charge in [-0.1, -0.05) is 12.1 Å². The van der Waals surface area contributed by atoms with Gasteiger partial charge in [-0.15, -0.1) is 0 Å². The zero-order valence-corrected chi connectivity index (χ0v) is 9.69. The number of amides is 2. The molecule has 2 amide bonds. The lowest BCUT2D eigenvalue weighted by Gasteiger charge is -2.31. The number of nitrogens with zero attached hydrogens (tertiary/aromatic N) is 1. The summed E-state index contributed by atoms with van der Waals surface area (Å²) in [6.07, 6.45) is 1.62. The van der Waals surface area contributed by atoms with Gasteiger partial charge in [0.1, 0.15) is 5.54 Å². The highest BCUT2D eigenvalue weighted by atomic mass is 16.2. The summed E-state index contributed by atoms with van der Waals surface area (Å²) in [5.74, 6) is -0.118. The number of anilines is 1. The summed E-state index contributed by atoms with van der Waals surface area (Å²) < 4.78 is 0. The molecule has 2 aliphatic heterocycles. The van der Waals surface area contributed by atoms with E-state index < -0.39 is 5.54 Å². The molecule has 4 heteroatoms. The molecule has 1 aromatic rings. The zero-order valence-electron chi connectivity index (χ0n) is 9.69. The Morgan fingerprint density at radius 2 is 2.06 bits per heavy atom. The van der Waals surface area contributed by atoms with E-state index in [9.17, 15) is 9.59 Å². The topological polar surface area (TPSA) is 49.4 Å². The molecule has 0 aliphatic carbocycles. The molecule has 4 nitrogen and oxygen atoms in total. The quantitative estimate of drug-likeness (QED) is 0.736. The maximum Gasteiger partial charge on any atom is 0.256 e. The molecule has 17 heavy (non-hydrogen) atoms. The van der Waals surface area contributed by atoms with Crippen molar-refractivity contribution in [2.75, 3.05) is 11.9 Å². The second-order valence-electron chi connectivity index (χ2n) is 4.83. The lowest BCUT2D eigenvalue weighted by molar-refractivity contribution is -0.124. The molecule has 1 N–H and O–H groups in total. The van der Waals surface area contributed by atoms with E-state index in [2.05, 4.69) is 5.32 Å². The van der Waals surface area contributed by atoms with Crippen LogP contribution in [0.25, 0.3) is 0 Å². The predicted molar refractivity (Wildman–Crippen MR) is 63.7 cm³/mol. The van der Waals surface area contributed by atoms with E-state index in [0.29, 0.717) is 17.8 Å².